The number of carboxylic acids is 1. The summed E-state index contributed by atoms with van der Waals surface area (Å²) in [4.78, 5) is 10.6. The molecular formula is C14H23NO4. The Morgan fingerprint density at radius 3 is 1.95 bits per heavy atom. The van der Waals surface area contributed by atoms with Gasteiger partial charge in [-0.05, 0) is 17.0 Å². The summed E-state index contributed by atoms with van der Waals surface area (Å²) in [6.07, 6.45) is -1.56. The first kappa shape index (κ1) is 17.6. The Labute approximate surface area is 113 Å². The van der Waals surface area contributed by atoms with Crippen LogP contribution in [0.5, 0.6) is 0 Å². The molecule has 5 N–H and O–H groups in total. The van der Waals surface area contributed by atoms with Crippen LogP contribution in [-0.4, -0.2) is 21.3 Å². The van der Waals surface area contributed by atoms with E-state index in [9.17, 15) is 15.0 Å². The number of hydrogen-bond donors (Lipinski definition) is 4. The zero-order valence-corrected chi connectivity index (χ0v) is 11.8. The maximum atomic E-state index is 10.6. The van der Waals surface area contributed by atoms with Crippen molar-refractivity contribution in [2.75, 3.05) is 0 Å². The first-order valence-corrected chi connectivity index (χ1v) is 6.29. The van der Waals surface area contributed by atoms with E-state index in [1.165, 1.54) is 24.3 Å². The number of carbonyl (C=O) groups is 1. The van der Waals surface area contributed by atoms with E-state index in [1.807, 2.05) is 13.8 Å². The Hall–Kier alpha value is -1.43. The van der Waals surface area contributed by atoms with Gasteiger partial charge in [0.15, 0.2) is 6.10 Å². The van der Waals surface area contributed by atoms with Gasteiger partial charge < -0.3 is 15.3 Å². The third kappa shape index (κ3) is 4.31. The summed E-state index contributed by atoms with van der Waals surface area (Å²) in [5, 5.41) is 27.9. The normalized spacial score (nSPS) is 15.2. The molecule has 0 spiro atoms. The molecule has 1 aromatic rings. The summed E-state index contributed by atoms with van der Waals surface area (Å²) in [6, 6.07) is 5.91. The molecule has 5 heteroatoms. The smallest absolute Gasteiger partial charge is 0.337 e. The van der Waals surface area contributed by atoms with Gasteiger partial charge >= 0.3 is 5.97 Å². The van der Waals surface area contributed by atoms with Crippen LogP contribution in [0.3, 0.4) is 0 Å². The van der Waals surface area contributed by atoms with Crippen LogP contribution < -0.4 is 5.73 Å². The zero-order chi connectivity index (χ0) is 15.2. The van der Waals surface area contributed by atoms with Gasteiger partial charge in [0.2, 0.25) is 0 Å². The number of rotatable bonds is 4. The van der Waals surface area contributed by atoms with Crippen LogP contribution in [0.1, 0.15) is 44.9 Å². The third-order valence-electron chi connectivity index (χ3n) is 2.80. The average Bonchev–Trinajstić information content (AvgIpc) is 2.40. The van der Waals surface area contributed by atoms with Crippen molar-refractivity contribution >= 4 is 5.97 Å². The molecule has 108 valence electrons. The molecule has 0 heterocycles. The number of hydrogen-bond acceptors (Lipinski definition) is 4. The van der Waals surface area contributed by atoms with Crippen molar-refractivity contribution in [1.29, 1.82) is 0 Å². The second-order valence-corrected chi connectivity index (χ2v) is 4.34. The summed E-state index contributed by atoms with van der Waals surface area (Å²) >= 11 is 0. The highest BCUT2D eigenvalue weighted by molar-refractivity contribution is 5.73. The fourth-order valence-corrected chi connectivity index (χ4v) is 1.41. The Kier molecular flexibility index (Phi) is 6.69. The van der Waals surface area contributed by atoms with E-state index in [4.69, 9.17) is 10.8 Å². The topological polar surface area (TPSA) is 104 Å². The molecule has 5 nitrogen and oxygen atoms in total. The molecule has 2 atom stereocenters. The lowest BCUT2D eigenvalue weighted by Gasteiger charge is -2.28. The van der Waals surface area contributed by atoms with Crippen LogP contribution >= 0.6 is 0 Å². The Bertz CT molecular complexity index is 398. The summed E-state index contributed by atoms with van der Waals surface area (Å²) in [7, 11) is 0. The SMILES string of the molecule is CC.CC(C)C(N)(O)c1ccc(C(O)C(=O)O)cc1. The van der Waals surface area contributed by atoms with Gasteiger partial charge in [0.1, 0.15) is 5.72 Å². The average molecular weight is 269 g/mol. The van der Waals surface area contributed by atoms with Crippen LogP contribution in [0.2, 0.25) is 0 Å². The molecule has 0 aromatic heterocycles. The van der Waals surface area contributed by atoms with E-state index < -0.39 is 17.8 Å². The minimum Gasteiger partial charge on any atom is -0.479 e. The van der Waals surface area contributed by atoms with Gasteiger partial charge in [-0.25, -0.2) is 4.79 Å². The van der Waals surface area contributed by atoms with Crippen LogP contribution in [0.4, 0.5) is 0 Å². The van der Waals surface area contributed by atoms with E-state index in [-0.39, 0.29) is 11.5 Å². The summed E-state index contributed by atoms with van der Waals surface area (Å²) in [5.74, 6) is -1.50. The maximum absolute atomic E-state index is 10.6. The lowest BCUT2D eigenvalue weighted by Crippen LogP contribution is -2.41. The van der Waals surface area contributed by atoms with Gasteiger partial charge in [-0.15, -0.1) is 0 Å². The van der Waals surface area contributed by atoms with Crippen molar-refractivity contribution in [3.05, 3.63) is 35.4 Å². The molecule has 0 fully saturated rings. The summed E-state index contributed by atoms with van der Waals surface area (Å²) < 4.78 is 0. The largest absolute Gasteiger partial charge is 0.479 e. The third-order valence-corrected chi connectivity index (χ3v) is 2.80. The standard InChI is InChI=1S/C12H17NO4.C2H6/c1-7(2)12(13,17)9-5-3-8(4-6-9)10(14)11(15)16;1-2/h3-7,10,14,17H,13H2,1-2H3,(H,15,16);1-2H3. The van der Waals surface area contributed by atoms with Crippen molar-refractivity contribution in [1.82, 2.24) is 0 Å². The maximum Gasteiger partial charge on any atom is 0.337 e. The highest BCUT2D eigenvalue weighted by atomic mass is 16.4. The van der Waals surface area contributed by atoms with E-state index in [2.05, 4.69) is 0 Å². The van der Waals surface area contributed by atoms with Crippen molar-refractivity contribution in [2.24, 2.45) is 11.7 Å². The molecule has 1 rings (SSSR count). The van der Waals surface area contributed by atoms with Crippen LogP contribution in [0.25, 0.3) is 0 Å². The second-order valence-electron chi connectivity index (χ2n) is 4.34. The van der Waals surface area contributed by atoms with Gasteiger partial charge in [0, 0.05) is 0 Å². The molecule has 0 saturated heterocycles. The monoisotopic (exact) mass is 269 g/mol. The van der Waals surface area contributed by atoms with Crippen LogP contribution in [0, 0.1) is 5.92 Å². The highest BCUT2D eigenvalue weighted by Crippen LogP contribution is 2.25. The minimum atomic E-state index is -1.56. The molecule has 0 aliphatic heterocycles. The van der Waals surface area contributed by atoms with Crippen molar-refractivity contribution < 1.29 is 20.1 Å². The van der Waals surface area contributed by atoms with E-state index >= 15 is 0 Å². The van der Waals surface area contributed by atoms with Crippen molar-refractivity contribution in [3.63, 3.8) is 0 Å². The van der Waals surface area contributed by atoms with Crippen LogP contribution in [-0.2, 0) is 10.5 Å². The molecule has 0 saturated carbocycles. The number of aliphatic carboxylic acids is 1. The number of aliphatic hydroxyl groups excluding tert-OH is 1. The molecule has 0 radical (unpaired) electrons. The lowest BCUT2D eigenvalue weighted by molar-refractivity contribution is -0.146. The van der Waals surface area contributed by atoms with Crippen molar-refractivity contribution in [2.45, 2.75) is 39.5 Å². The first-order valence-electron chi connectivity index (χ1n) is 6.29. The van der Waals surface area contributed by atoms with E-state index in [0.29, 0.717) is 5.56 Å². The number of aliphatic hydroxyl groups is 2. The van der Waals surface area contributed by atoms with Crippen molar-refractivity contribution in [3.8, 4) is 0 Å². The molecule has 0 aliphatic carbocycles. The first-order chi connectivity index (χ1) is 8.76. The quantitative estimate of drug-likeness (QED) is 0.621. The van der Waals surface area contributed by atoms with E-state index in [1.54, 1.807) is 13.8 Å². The van der Waals surface area contributed by atoms with Crippen LogP contribution in [0.15, 0.2) is 24.3 Å². The number of nitrogens with two attached hydrogens (primary N) is 1. The van der Waals surface area contributed by atoms with E-state index in [0.717, 1.165) is 0 Å². The Balaban J connectivity index is 0.00000154. The second kappa shape index (κ2) is 7.23. The van der Waals surface area contributed by atoms with Gasteiger partial charge in [-0.1, -0.05) is 52.0 Å². The zero-order valence-electron chi connectivity index (χ0n) is 11.8. The molecule has 0 bridgehead atoms. The predicted molar refractivity (Wildman–Crippen MR) is 73.3 cm³/mol. The van der Waals surface area contributed by atoms with Gasteiger partial charge in [-0.3, -0.25) is 5.73 Å². The fraction of sp³-hybridized carbons (Fsp3) is 0.500. The summed E-state index contributed by atoms with van der Waals surface area (Å²) in [5.41, 5.74) is 5.01. The molecule has 0 amide bonds. The Morgan fingerprint density at radius 1 is 1.21 bits per heavy atom. The fourth-order valence-electron chi connectivity index (χ4n) is 1.41. The number of benzene rings is 1. The Morgan fingerprint density at radius 2 is 1.63 bits per heavy atom. The number of carboxylic acid groups (broad SMARTS) is 1. The van der Waals surface area contributed by atoms with Gasteiger partial charge in [-0.2, -0.15) is 0 Å². The molecule has 0 aliphatic rings. The predicted octanol–water partition coefficient (Wildman–Crippen LogP) is 1.59. The highest BCUT2D eigenvalue weighted by Gasteiger charge is 2.28. The van der Waals surface area contributed by atoms with Gasteiger partial charge in [0.05, 0.1) is 0 Å². The molecule has 1 aromatic carbocycles. The van der Waals surface area contributed by atoms with Gasteiger partial charge in [0.25, 0.3) is 0 Å². The molecular weight excluding hydrogens is 246 g/mol. The molecule has 19 heavy (non-hydrogen) atoms. The molecule has 2 unspecified atom stereocenters. The minimum absolute atomic E-state index is 0.183. The lowest BCUT2D eigenvalue weighted by atomic mass is 9.91. The summed E-state index contributed by atoms with van der Waals surface area (Å²) in [6.45, 7) is 7.56.